The van der Waals surface area contributed by atoms with Gasteiger partial charge in [-0.05, 0) is 35.1 Å². The van der Waals surface area contributed by atoms with Gasteiger partial charge in [0.2, 0.25) is 5.91 Å². The highest BCUT2D eigenvalue weighted by atomic mass is 19.3. The van der Waals surface area contributed by atoms with Gasteiger partial charge in [-0.15, -0.1) is 0 Å². The Balaban J connectivity index is 1.32. The first-order valence-corrected chi connectivity index (χ1v) is 11.4. The summed E-state index contributed by atoms with van der Waals surface area (Å²) in [6.45, 7) is 0.144. The fourth-order valence-corrected chi connectivity index (χ4v) is 4.69. The normalized spacial score (nSPS) is 19.5. The minimum Gasteiger partial charge on any atom is -0.481 e. The summed E-state index contributed by atoms with van der Waals surface area (Å²) in [5, 5.41) is 13.6. The summed E-state index contributed by atoms with van der Waals surface area (Å²) in [5.74, 6) is -2.85. The average molecular weight is 484 g/mol. The molecule has 0 aliphatic heterocycles. The second-order valence-electron chi connectivity index (χ2n) is 8.72. The molecule has 184 valence electrons. The molecule has 0 saturated heterocycles. The van der Waals surface area contributed by atoms with Crippen molar-refractivity contribution in [3.05, 3.63) is 71.8 Å². The molecule has 2 aliphatic carbocycles. The Morgan fingerprint density at radius 3 is 2.26 bits per heavy atom. The molecule has 4 rings (SSSR count). The molecule has 2 amide bonds. The van der Waals surface area contributed by atoms with Crippen molar-refractivity contribution in [2.75, 3.05) is 6.61 Å². The smallest absolute Gasteiger partial charge is 0.407 e. The molecule has 0 aromatic heterocycles. The summed E-state index contributed by atoms with van der Waals surface area (Å²) in [6, 6.07) is 13.7. The second-order valence-corrected chi connectivity index (χ2v) is 8.72. The Morgan fingerprint density at radius 2 is 1.66 bits per heavy atom. The van der Waals surface area contributed by atoms with Crippen LogP contribution >= 0.6 is 0 Å². The van der Waals surface area contributed by atoms with Crippen molar-refractivity contribution in [1.29, 1.82) is 0 Å². The predicted octanol–water partition coefficient (Wildman–Crippen LogP) is 4.08. The predicted molar refractivity (Wildman–Crippen MR) is 124 cm³/mol. The maximum atomic E-state index is 13.1. The number of ether oxygens (including phenoxy) is 1. The monoisotopic (exact) mass is 484 g/mol. The number of alkyl halides is 2. The highest BCUT2D eigenvalue weighted by molar-refractivity contribution is 5.81. The van der Waals surface area contributed by atoms with Gasteiger partial charge in [0.15, 0.2) is 0 Å². The minimum atomic E-state index is -3.00. The lowest BCUT2D eigenvalue weighted by atomic mass is 9.90. The largest absolute Gasteiger partial charge is 0.481 e. The first-order valence-electron chi connectivity index (χ1n) is 11.4. The number of carboxylic acids is 1. The summed E-state index contributed by atoms with van der Waals surface area (Å²) in [4.78, 5) is 35.7. The van der Waals surface area contributed by atoms with Crippen LogP contribution < -0.4 is 10.6 Å². The van der Waals surface area contributed by atoms with E-state index >= 15 is 0 Å². The highest BCUT2D eigenvalue weighted by Crippen LogP contribution is 2.44. The molecule has 3 atom stereocenters. The molecule has 1 unspecified atom stereocenters. The van der Waals surface area contributed by atoms with E-state index in [1.807, 2.05) is 48.5 Å². The lowest BCUT2D eigenvalue weighted by Crippen LogP contribution is -2.46. The maximum absolute atomic E-state index is 13.1. The quantitative estimate of drug-likeness (QED) is 0.490. The Hall–Kier alpha value is -3.75. The maximum Gasteiger partial charge on any atom is 0.407 e. The van der Waals surface area contributed by atoms with Gasteiger partial charge in [-0.1, -0.05) is 60.7 Å². The number of carbonyl (C=O) groups excluding carboxylic acids is 2. The van der Waals surface area contributed by atoms with E-state index in [0.29, 0.717) is 6.42 Å². The van der Waals surface area contributed by atoms with Gasteiger partial charge in [-0.2, -0.15) is 0 Å². The third kappa shape index (κ3) is 5.67. The number of hydrogen-bond donors (Lipinski definition) is 3. The number of alkyl carbamates (subject to hydrolysis) is 1. The van der Waals surface area contributed by atoms with Gasteiger partial charge in [0.25, 0.3) is 6.43 Å². The van der Waals surface area contributed by atoms with E-state index < -0.39 is 48.8 Å². The number of amides is 2. The Kier molecular flexibility index (Phi) is 7.43. The van der Waals surface area contributed by atoms with E-state index in [2.05, 4.69) is 10.6 Å². The van der Waals surface area contributed by atoms with Crippen molar-refractivity contribution < 1.29 is 33.0 Å². The van der Waals surface area contributed by atoms with Crippen LogP contribution in [0.25, 0.3) is 11.1 Å². The van der Waals surface area contributed by atoms with E-state index in [1.165, 1.54) is 0 Å². The number of benzene rings is 2. The third-order valence-electron chi connectivity index (χ3n) is 6.37. The zero-order valence-electron chi connectivity index (χ0n) is 18.8. The summed E-state index contributed by atoms with van der Waals surface area (Å²) >= 11 is 0. The molecule has 35 heavy (non-hydrogen) atoms. The number of carboxylic acid groups (broad SMARTS) is 1. The van der Waals surface area contributed by atoms with E-state index in [9.17, 15) is 23.2 Å². The summed E-state index contributed by atoms with van der Waals surface area (Å²) in [6.07, 6.45) is -0.590. The van der Waals surface area contributed by atoms with Crippen LogP contribution in [0.2, 0.25) is 0 Å². The first-order chi connectivity index (χ1) is 16.8. The van der Waals surface area contributed by atoms with Crippen molar-refractivity contribution in [1.82, 2.24) is 10.6 Å². The van der Waals surface area contributed by atoms with Crippen molar-refractivity contribution in [2.24, 2.45) is 5.92 Å². The molecular weight excluding hydrogens is 458 g/mol. The number of carbonyl (C=O) groups is 3. The molecule has 0 spiro atoms. The van der Waals surface area contributed by atoms with Crippen LogP contribution in [0.3, 0.4) is 0 Å². The molecule has 0 heterocycles. The van der Waals surface area contributed by atoms with Gasteiger partial charge in [0.05, 0.1) is 12.5 Å². The molecule has 0 bridgehead atoms. The van der Waals surface area contributed by atoms with Crippen LogP contribution in [-0.4, -0.2) is 48.2 Å². The van der Waals surface area contributed by atoms with Crippen LogP contribution in [0.15, 0.2) is 60.7 Å². The van der Waals surface area contributed by atoms with Gasteiger partial charge < -0.3 is 20.5 Å². The van der Waals surface area contributed by atoms with Gasteiger partial charge in [-0.3, -0.25) is 9.59 Å². The Bertz CT molecular complexity index is 1090. The van der Waals surface area contributed by atoms with Crippen LogP contribution in [0.5, 0.6) is 0 Å². The Labute approximate surface area is 201 Å². The number of hydrogen-bond acceptors (Lipinski definition) is 4. The fourth-order valence-electron chi connectivity index (χ4n) is 4.69. The van der Waals surface area contributed by atoms with Crippen molar-refractivity contribution in [3.8, 4) is 11.1 Å². The fraction of sp³-hybridized carbons (Fsp3) is 0.346. The van der Waals surface area contributed by atoms with Crippen molar-refractivity contribution in [2.45, 2.75) is 43.7 Å². The topological polar surface area (TPSA) is 105 Å². The molecule has 2 aliphatic rings. The molecule has 2 aromatic rings. The molecule has 7 nitrogen and oxygen atoms in total. The Morgan fingerprint density at radius 1 is 1.03 bits per heavy atom. The average Bonchev–Trinajstić information content (AvgIpc) is 3.16. The zero-order chi connectivity index (χ0) is 24.9. The number of fused-ring (bicyclic) bond motifs is 3. The van der Waals surface area contributed by atoms with Crippen LogP contribution in [0.4, 0.5) is 13.6 Å². The third-order valence-corrected chi connectivity index (χ3v) is 6.37. The highest BCUT2D eigenvalue weighted by Gasteiger charge is 2.32. The second kappa shape index (κ2) is 10.7. The molecule has 0 fully saturated rings. The zero-order valence-corrected chi connectivity index (χ0v) is 18.8. The van der Waals surface area contributed by atoms with Gasteiger partial charge >= 0.3 is 12.1 Å². The van der Waals surface area contributed by atoms with Crippen LogP contribution in [0, 0.1) is 5.92 Å². The number of aliphatic carboxylic acids is 1. The van der Waals surface area contributed by atoms with E-state index in [4.69, 9.17) is 9.84 Å². The lowest BCUT2D eigenvalue weighted by Gasteiger charge is -2.26. The summed E-state index contributed by atoms with van der Waals surface area (Å²) < 4.78 is 31.7. The van der Waals surface area contributed by atoms with E-state index in [1.54, 1.807) is 12.2 Å². The summed E-state index contributed by atoms with van der Waals surface area (Å²) in [7, 11) is 0. The van der Waals surface area contributed by atoms with E-state index in [-0.39, 0.29) is 18.9 Å². The number of allylic oxidation sites excluding steroid dienone is 1. The molecule has 9 heteroatoms. The molecule has 3 N–H and O–H groups in total. The SMILES string of the molecule is O=C(O)CC(NC(=O)[C@@H]1CC=C[C@@H](NC(=O)OCC2c3ccccc3-c3ccccc32)C1)C(F)F. The number of nitrogens with one attached hydrogen (secondary N) is 2. The van der Waals surface area contributed by atoms with Gasteiger partial charge in [0.1, 0.15) is 12.6 Å². The lowest BCUT2D eigenvalue weighted by molar-refractivity contribution is -0.139. The molecule has 0 saturated carbocycles. The first kappa shape index (κ1) is 24.4. The standard InChI is InChI=1S/C26H26F2N2O5/c27-24(28)22(13-23(31)32)30-25(33)15-6-5-7-16(12-15)29-26(34)35-14-21-19-10-3-1-8-17(19)18-9-2-4-11-20(18)21/h1-5,7-11,15-16,21-22,24H,6,12-14H2,(H,29,34)(H,30,33)(H,31,32)/t15-,16-,22?/m1/s1. The van der Waals surface area contributed by atoms with E-state index in [0.717, 1.165) is 22.3 Å². The molecule has 2 aromatic carbocycles. The number of rotatable bonds is 8. The summed E-state index contributed by atoms with van der Waals surface area (Å²) in [5.41, 5.74) is 4.41. The van der Waals surface area contributed by atoms with Gasteiger partial charge in [0, 0.05) is 11.8 Å². The molecule has 0 radical (unpaired) electrons. The number of halogens is 2. The van der Waals surface area contributed by atoms with Crippen molar-refractivity contribution >= 4 is 18.0 Å². The van der Waals surface area contributed by atoms with Crippen LogP contribution in [-0.2, 0) is 14.3 Å². The minimum absolute atomic E-state index is 0.0888. The molecular formula is C26H26F2N2O5. The van der Waals surface area contributed by atoms with Crippen molar-refractivity contribution in [3.63, 3.8) is 0 Å². The van der Waals surface area contributed by atoms with Crippen LogP contribution in [0.1, 0.15) is 36.3 Å². The van der Waals surface area contributed by atoms with Gasteiger partial charge in [-0.25, -0.2) is 13.6 Å².